The van der Waals surface area contributed by atoms with Gasteiger partial charge in [-0.1, -0.05) is 48.9 Å². The number of hydrogen-bond donors (Lipinski definition) is 2. The second-order valence-electron chi connectivity index (χ2n) is 7.76. The van der Waals surface area contributed by atoms with Gasteiger partial charge in [-0.3, -0.25) is 9.59 Å². The molecule has 0 bridgehead atoms. The number of thiazole rings is 1. The Bertz CT molecular complexity index is 1120. The van der Waals surface area contributed by atoms with Crippen LogP contribution in [0, 0.1) is 0 Å². The van der Waals surface area contributed by atoms with E-state index in [-0.39, 0.29) is 18.7 Å². The molecule has 5 nitrogen and oxygen atoms in total. The number of carbonyl (C=O) groups excluding carboxylic acids is 1. The van der Waals surface area contributed by atoms with Gasteiger partial charge in [-0.15, -0.1) is 11.3 Å². The number of rotatable bonds is 8. The summed E-state index contributed by atoms with van der Waals surface area (Å²) in [4.78, 5) is 28.3. The zero-order valence-electron chi connectivity index (χ0n) is 17.1. The SMILES string of the molecule is O=C(O)Cc1ccccc1CC(=O)Nc1cccc(/C=C/c2nc(C3CCC3)cs2)c1. The molecule has 6 heteroatoms. The van der Waals surface area contributed by atoms with Gasteiger partial charge in [-0.05, 0) is 47.7 Å². The number of carboxylic acids is 1. The van der Waals surface area contributed by atoms with Gasteiger partial charge in [0.05, 0.1) is 18.5 Å². The van der Waals surface area contributed by atoms with Gasteiger partial charge in [0.15, 0.2) is 0 Å². The number of amides is 1. The molecule has 0 radical (unpaired) electrons. The van der Waals surface area contributed by atoms with E-state index < -0.39 is 5.97 Å². The van der Waals surface area contributed by atoms with E-state index in [2.05, 4.69) is 10.7 Å². The zero-order chi connectivity index (χ0) is 21.6. The van der Waals surface area contributed by atoms with Crippen LogP contribution in [0.5, 0.6) is 0 Å². The lowest BCUT2D eigenvalue weighted by molar-refractivity contribution is -0.136. The first-order chi connectivity index (χ1) is 15.1. The molecule has 0 saturated heterocycles. The molecule has 0 unspecified atom stereocenters. The third kappa shape index (κ3) is 5.67. The molecule has 31 heavy (non-hydrogen) atoms. The highest BCUT2D eigenvalue weighted by molar-refractivity contribution is 7.10. The van der Waals surface area contributed by atoms with E-state index in [4.69, 9.17) is 10.1 Å². The van der Waals surface area contributed by atoms with Gasteiger partial charge < -0.3 is 10.4 Å². The van der Waals surface area contributed by atoms with Crippen molar-refractivity contribution in [3.05, 3.63) is 81.3 Å². The molecule has 1 saturated carbocycles. The van der Waals surface area contributed by atoms with Crippen molar-refractivity contribution in [3.8, 4) is 0 Å². The molecule has 1 aromatic heterocycles. The van der Waals surface area contributed by atoms with E-state index in [9.17, 15) is 9.59 Å². The number of carboxylic acid groups (broad SMARTS) is 1. The van der Waals surface area contributed by atoms with Gasteiger partial charge in [-0.2, -0.15) is 0 Å². The number of benzene rings is 2. The fourth-order valence-electron chi connectivity index (χ4n) is 3.60. The van der Waals surface area contributed by atoms with Crippen molar-refractivity contribution in [2.45, 2.75) is 38.0 Å². The van der Waals surface area contributed by atoms with Crippen LogP contribution in [0.2, 0.25) is 0 Å². The highest BCUT2D eigenvalue weighted by Crippen LogP contribution is 2.36. The summed E-state index contributed by atoms with van der Waals surface area (Å²) in [5.41, 5.74) is 4.28. The maximum absolute atomic E-state index is 12.5. The number of hydrogen-bond acceptors (Lipinski definition) is 4. The number of nitrogens with zero attached hydrogens (tertiary/aromatic N) is 1. The van der Waals surface area contributed by atoms with Gasteiger partial charge in [0.25, 0.3) is 0 Å². The van der Waals surface area contributed by atoms with Crippen molar-refractivity contribution in [2.24, 2.45) is 0 Å². The van der Waals surface area contributed by atoms with Crippen LogP contribution in [-0.4, -0.2) is 22.0 Å². The normalized spacial score (nSPS) is 13.8. The molecule has 1 fully saturated rings. The Balaban J connectivity index is 1.39. The van der Waals surface area contributed by atoms with E-state index in [0.717, 1.165) is 16.1 Å². The summed E-state index contributed by atoms with van der Waals surface area (Å²) in [5.74, 6) is -0.450. The summed E-state index contributed by atoms with van der Waals surface area (Å²) < 4.78 is 0. The molecule has 3 aromatic rings. The summed E-state index contributed by atoms with van der Waals surface area (Å²) in [6.45, 7) is 0. The van der Waals surface area contributed by atoms with Crippen LogP contribution in [0.4, 0.5) is 5.69 Å². The van der Waals surface area contributed by atoms with Crippen molar-refractivity contribution < 1.29 is 14.7 Å². The van der Waals surface area contributed by atoms with Crippen molar-refractivity contribution >= 4 is 41.1 Å². The molecule has 1 heterocycles. The first-order valence-corrected chi connectivity index (χ1v) is 11.3. The van der Waals surface area contributed by atoms with Crippen molar-refractivity contribution in [2.75, 3.05) is 5.32 Å². The number of anilines is 1. The largest absolute Gasteiger partial charge is 0.481 e. The van der Waals surface area contributed by atoms with Gasteiger partial charge in [0.1, 0.15) is 5.01 Å². The number of nitrogens with one attached hydrogen (secondary N) is 1. The van der Waals surface area contributed by atoms with Crippen LogP contribution >= 0.6 is 11.3 Å². The summed E-state index contributed by atoms with van der Waals surface area (Å²) in [6.07, 6.45) is 7.84. The lowest BCUT2D eigenvalue weighted by atomic mass is 9.83. The molecule has 0 atom stereocenters. The monoisotopic (exact) mass is 432 g/mol. The van der Waals surface area contributed by atoms with Crippen LogP contribution in [-0.2, 0) is 22.4 Å². The predicted molar refractivity (Wildman–Crippen MR) is 124 cm³/mol. The standard InChI is InChI=1S/C25H24N2O3S/c28-23(14-19-6-1-2-7-20(19)15-25(29)30)26-21-10-3-5-17(13-21)11-12-24-27-22(16-31-24)18-8-4-9-18/h1-3,5-7,10-13,16,18H,4,8-9,14-15H2,(H,26,28)(H,29,30)/b12-11+. The van der Waals surface area contributed by atoms with E-state index in [0.29, 0.717) is 17.2 Å². The lowest BCUT2D eigenvalue weighted by Crippen LogP contribution is -2.16. The molecule has 4 rings (SSSR count). The fourth-order valence-corrected chi connectivity index (χ4v) is 4.39. The number of aliphatic carboxylic acids is 1. The number of aromatic nitrogens is 1. The molecule has 2 N–H and O–H groups in total. The molecule has 0 aliphatic heterocycles. The molecular weight excluding hydrogens is 408 g/mol. The highest BCUT2D eigenvalue weighted by atomic mass is 32.1. The van der Waals surface area contributed by atoms with Crippen molar-refractivity contribution in [3.63, 3.8) is 0 Å². The quantitative estimate of drug-likeness (QED) is 0.500. The summed E-state index contributed by atoms with van der Waals surface area (Å²) >= 11 is 1.66. The topological polar surface area (TPSA) is 79.3 Å². The van der Waals surface area contributed by atoms with Crippen LogP contribution in [0.25, 0.3) is 12.2 Å². The second-order valence-corrected chi connectivity index (χ2v) is 8.65. The van der Waals surface area contributed by atoms with Gasteiger partial charge >= 0.3 is 5.97 Å². The minimum Gasteiger partial charge on any atom is -0.481 e. The van der Waals surface area contributed by atoms with E-state index >= 15 is 0 Å². The minimum absolute atomic E-state index is 0.0943. The maximum atomic E-state index is 12.5. The van der Waals surface area contributed by atoms with Crippen LogP contribution in [0.3, 0.4) is 0 Å². The van der Waals surface area contributed by atoms with E-state index in [1.165, 1.54) is 25.0 Å². The Morgan fingerprint density at radius 2 is 1.84 bits per heavy atom. The Kier molecular flexibility index (Phi) is 6.57. The van der Waals surface area contributed by atoms with Gasteiger partial charge in [-0.25, -0.2) is 4.98 Å². The highest BCUT2D eigenvalue weighted by Gasteiger charge is 2.21. The van der Waals surface area contributed by atoms with Crippen molar-refractivity contribution in [1.29, 1.82) is 0 Å². The van der Waals surface area contributed by atoms with E-state index in [1.54, 1.807) is 29.5 Å². The van der Waals surface area contributed by atoms with Crippen LogP contribution in [0.15, 0.2) is 53.9 Å². The minimum atomic E-state index is -0.910. The molecule has 0 spiro atoms. The average molecular weight is 433 g/mol. The third-order valence-electron chi connectivity index (χ3n) is 5.46. The smallest absolute Gasteiger partial charge is 0.307 e. The first-order valence-electron chi connectivity index (χ1n) is 10.4. The Labute approximate surface area is 185 Å². The fraction of sp³-hybridized carbons (Fsp3) is 0.240. The molecule has 158 valence electrons. The predicted octanol–water partition coefficient (Wildman–Crippen LogP) is 5.39. The van der Waals surface area contributed by atoms with Crippen molar-refractivity contribution in [1.82, 2.24) is 4.98 Å². The Morgan fingerprint density at radius 3 is 2.55 bits per heavy atom. The first kappa shape index (κ1) is 21.0. The molecule has 1 aliphatic rings. The molecular formula is C25H24N2O3S. The number of carbonyl (C=O) groups is 2. The zero-order valence-corrected chi connectivity index (χ0v) is 17.9. The van der Waals surface area contributed by atoms with Gasteiger partial charge in [0, 0.05) is 17.0 Å². The lowest BCUT2D eigenvalue weighted by Gasteiger charge is -2.22. The van der Waals surface area contributed by atoms with E-state index in [1.807, 2.05) is 42.5 Å². The summed E-state index contributed by atoms with van der Waals surface area (Å²) in [7, 11) is 0. The maximum Gasteiger partial charge on any atom is 0.307 e. The third-order valence-corrected chi connectivity index (χ3v) is 6.29. The molecule has 1 amide bonds. The average Bonchev–Trinajstić information content (AvgIpc) is 3.15. The van der Waals surface area contributed by atoms with Crippen LogP contribution < -0.4 is 5.32 Å². The summed E-state index contributed by atoms with van der Waals surface area (Å²) in [5, 5.41) is 15.1. The summed E-state index contributed by atoms with van der Waals surface area (Å²) in [6, 6.07) is 14.8. The Hall–Kier alpha value is -3.25. The second kappa shape index (κ2) is 9.71. The van der Waals surface area contributed by atoms with Gasteiger partial charge in [0.2, 0.25) is 5.91 Å². The Morgan fingerprint density at radius 1 is 1.06 bits per heavy atom. The molecule has 2 aromatic carbocycles. The molecule has 1 aliphatic carbocycles. The van der Waals surface area contributed by atoms with Crippen LogP contribution in [0.1, 0.15) is 52.6 Å².